The van der Waals surface area contributed by atoms with E-state index in [0.717, 1.165) is 24.9 Å². The van der Waals surface area contributed by atoms with Gasteiger partial charge in [-0.2, -0.15) is 0 Å². The summed E-state index contributed by atoms with van der Waals surface area (Å²) in [6.07, 6.45) is 3.85. The molecule has 1 aromatic heterocycles. The molecule has 0 aromatic carbocycles. The van der Waals surface area contributed by atoms with Crippen LogP contribution in [0.4, 0.5) is 0 Å². The van der Waals surface area contributed by atoms with E-state index in [1.165, 1.54) is 0 Å². The molecule has 0 amide bonds. The van der Waals surface area contributed by atoms with Crippen molar-refractivity contribution in [2.45, 2.75) is 39.3 Å². The molecule has 17 heavy (non-hydrogen) atoms. The predicted molar refractivity (Wildman–Crippen MR) is 71.1 cm³/mol. The highest BCUT2D eigenvalue weighted by atomic mass is 35.5. The molecule has 0 spiro atoms. The van der Waals surface area contributed by atoms with E-state index in [-0.39, 0.29) is 6.61 Å². The van der Waals surface area contributed by atoms with Crippen molar-refractivity contribution in [1.82, 2.24) is 9.88 Å². The third kappa shape index (κ3) is 4.26. The maximum atomic E-state index is 9.13. The summed E-state index contributed by atoms with van der Waals surface area (Å²) in [7, 11) is 0. The largest absolute Gasteiger partial charge is 0.395 e. The summed E-state index contributed by atoms with van der Waals surface area (Å²) in [5.41, 5.74) is 1.02. The first-order valence-electron chi connectivity index (χ1n) is 6.17. The van der Waals surface area contributed by atoms with Crippen LogP contribution in [-0.4, -0.2) is 34.2 Å². The van der Waals surface area contributed by atoms with Crippen molar-refractivity contribution in [2.75, 3.05) is 13.2 Å². The molecule has 0 fully saturated rings. The smallest absolute Gasteiger partial charge is 0.133 e. The lowest BCUT2D eigenvalue weighted by Crippen LogP contribution is -2.36. The van der Waals surface area contributed by atoms with Crippen molar-refractivity contribution < 1.29 is 5.11 Å². The first-order valence-corrected chi connectivity index (χ1v) is 6.55. The number of halogens is 1. The van der Waals surface area contributed by atoms with E-state index in [1.54, 1.807) is 6.20 Å². The minimum atomic E-state index is 0.175. The summed E-state index contributed by atoms with van der Waals surface area (Å²) in [4.78, 5) is 6.35. The number of pyridine rings is 1. The summed E-state index contributed by atoms with van der Waals surface area (Å²) in [6, 6.07) is 4.37. The molecule has 1 N–H and O–H groups in total. The van der Waals surface area contributed by atoms with E-state index < -0.39 is 0 Å². The normalized spacial score (nSPS) is 11.4. The Labute approximate surface area is 108 Å². The Bertz CT molecular complexity index is 329. The fraction of sp³-hybridized carbons (Fsp3) is 0.615. The molecular formula is C13H21ClN2O. The van der Waals surface area contributed by atoms with Crippen molar-refractivity contribution in [2.24, 2.45) is 0 Å². The Balaban J connectivity index is 2.75. The molecule has 1 rings (SSSR count). The average Bonchev–Trinajstić information content (AvgIpc) is 2.34. The van der Waals surface area contributed by atoms with Gasteiger partial charge in [-0.15, -0.1) is 0 Å². The molecule has 4 heteroatoms. The Morgan fingerprint density at radius 3 is 2.65 bits per heavy atom. The molecule has 0 saturated heterocycles. The van der Waals surface area contributed by atoms with Gasteiger partial charge in [0.25, 0.3) is 0 Å². The van der Waals surface area contributed by atoms with Crippen LogP contribution in [0.1, 0.15) is 32.3 Å². The molecule has 0 unspecified atom stereocenters. The number of hydrogen-bond donors (Lipinski definition) is 1. The molecule has 0 saturated carbocycles. The number of aromatic nitrogens is 1. The van der Waals surface area contributed by atoms with Crippen LogP contribution in [0.3, 0.4) is 0 Å². The zero-order chi connectivity index (χ0) is 12.7. The molecule has 96 valence electrons. The van der Waals surface area contributed by atoms with Crippen LogP contribution in [0, 0.1) is 0 Å². The highest BCUT2D eigenvalue weighted by Gasteiger charge is 2.16. The maximum Gasteiger partial charge on any atom is 0.133 e. The van der Waals surface area contributed by atoms with Crippen LogP contribution in [0.2, 0.25) is 5.15 Å². The van der Waals surface area contributed by atoms with Crippen LogP contribution in [0.5, 0.6) is 0 Å². The number of rotatable bonds is 7. The van der Waals surface area contributed by atoms with Gasteiger partial charge in [-0.25, -0.2) is 4.98 Å². The van der Waals surface area contributed by atoms with Gasteiger partial charge in [0.15, 0.2) is 0 Å². The van der Waals surface area contributed by atoms with Crippen molar-refractivity contribution in [3.8, 4) is 0 Å². The van der Waals surface area contributed by atoms with E-state index in [0.29, 0.717) is 17.7 Å². The monoisotopic (exact) mass is 256 g/mol. The zero-order valence-electron chi connectivity index (χ0n) is 10.6. The van der Waals surface area contributed by atoms with Gasteiger partial charge in [-0.1, -0.05) is 31.5 Å². The summed E-state index contributed by atoms with van der Waals surface area (Å²) < 4.78 is 0. The number of nitrogens with zero attached hydrogens (tertiary/aromatic N) is 2. The minimum Gasteiger partial charge on any atom is -0.395 e. The zero-order valence-corrected chi connectivity index (χ0v) is 11.3. The summed E-state index contributed by atoms with van der Waals surface area (Å²) in [5.74, 6) is 0. The number of aliphatic hydroxyl groups is 1. The van der Waals surface area contributed by atoms with Gasteiger partial charge in [0.1, 0.15) is 5.15 Å². The molecular weight excluding hydrogens is 236 g/mol. The molecule has 0 radical (unpaired) electrons. The summed E-state index contributed by atoms with van der Waals surface area (Å²) in [5, 5.41) is 9.69. The lowest BCUT2D eigenvalue weighted by Gasteiger charge is -2.29. The van der Waals surface area contributed by atoms with Gasteiger partial charge in [0.2, 0.25) is 0 Å². The summed E-state index contributed by atoms with van der Waals surface area (Å²) in [6.45, 7) is 5.94. The van der Waals surface area contributed by atoms with Gasteiger partial charge >= 0.3 is 0 Å². The van der Waals surface area contributed by atoms with Crippen LogP contribution in [0.15, 0.2) is 18.3 Å². The lowest BCUT2D eigenvalue weighted by molar-refractivity contribution is 0.136. The lowest BCUT2D eigenvalue weighted by atomic mass is 10.1. The fourth-order valence-electron chi connectivity index (χ4n) is 2.08. The Kier molecular flexibility index (Phi) is 6.48. The van der Waals surface area contributed by atoms with Gasteiger partial charge in [0, 0.05) is 30.9 Å². The SMILES string of the molecule is CCC(CC)N(CCO)Cc1cccnc1Cl. The average molecular weight is 257 g/mol. The molecule has 0 bridgehead atoms. The second kappa shape index (κ2) is 7.64. The highest BCUT2D eigenvalue weighted by molar-refractivity contribution is 6.30. The van der Waals surface area contributed by atoms with Crippen LogP contribution < -0.4 is 0 Å². The van der Waals surface area contributed by atoms with Gasteiger partial charge < -0.3 is 5.11 Å². The fourth-order valence-corrected chi connectivity index (χ4v) is 2.26. The molecule has 0 aliphatic carbocycles. The maximum absolute atomic E-state index is 9.13. The highest BCUT2D eigenvalue weighted by Crippen LogP contribution is 2.17. The third-order valence-corrected chi connectivity index (χ3v) is 3.40. The van der Waals surface area contributed by atoms with Crippen molar-refractivity contribution in [1.29, 1.82) is 0 Å². The van der Waals surface area contributed by atoms with Crippen molar-refractivity contribution >= 4 is 11.6 Å². The third-order valence-electron chi connectivity index (χ3n) is 3.06. The van der Waals surface area contributed by atoms with E-state index in [2.05, 4.69) is 23.7 Å². The second-order valence-corrected chi connectivity index (χ2v) is 4.48. The standard InChI is InChI=1S/C13H21ClN2O/c1-3-12(4-2)16(8-9-17)10-11-6-5-7-15-13(11)14/h5-7,12,17H,3-4,8-10H2,1-2H3. The van der Waals surface area contributed by atoms with Crippen LogP contribution in [0.25, 0.3) is 0 Å². The number of hydrogen-bond acceptors (Lipinski definition) is 3. The number of aliphatic hydroxyl groups excluding tert-OH is 1. The molecule has 1 heterocycles. The molecule has 0 atom stereocenters. The second-order valence-electron chi connectivity index (χ2n) is 4.12. The molecule has 3 nitrogen and oxygen atoms in total. The van der Waals surface area contributed by atoms with E-state index >= 15 is 0 Å². The first-order chi connectivity index (χ1) is 8.22. The predicted octanol–water partition coefficient (Wildman–Crippen LogP) is 2.72. The minimum absolute atomic E-state index is 0.175. The van der Waals surface area contributed by atoms with Crippen molar-refractivity contribution in [3.63, 3.8) is 0 Å². The molecule has 0 aliphatic heterocycles. The molecule has 1 aromatic rings. The van der Waals surface area contributed by atoms with Gasteiger partial charge in [-0.05, 0) is 18.9 Å². The summed E-state index contributed by atoms with van der Waals surface area (Å²) >= 11 is 6.06. The van der Waals surface area contributed by atoms with Crippen molar-refractivity contribution in [3.05, 3.63) is 29.0 Å². The molecule has 0 aliphatic rings. The first kappa shape index (κ1) is 14.4. The quantitative estimate of drug-likeness (QED) is 0.762. The van der Waals surface area contributed by atoms with Crippen LogP contribution >= 0.6 is 11.6 Å². The van der Waals surface area contributed by atoms with Gasteiger partial charge in [-0.3, -0.25) is 4.90 Å². The Morgan fingerprint density at radius 2 is 2.12 bits per heavy atom. The Hall–Kier alpha value is -0.640. The van der Waals surface area contributed by atoms with Gasteiger partial charge in [0.05, 0.1) is 6.61 Å². The van der Waals surface area contributed by atoms with E-state index in [1.807, 2.05) is 12.1 Å². The topological polar surface area (TPSA) is 36.4 Å². The van der Waals surface area contributed by atoms with Crippen LogP contribution in [-0.2, 0) is 6.54 Å². The van der Waals surface area contributed by atoms with E-state index in [9.17, 15) is 0 Å². The Morgan fingerprint density at radius 1 is 1.41 bits per heavy atom. The van der Waals surface area contributed by atoms with E-state index in [4.69, 9.17) is 16.7 Å².